The van der Waals surface area contributed by atoms with Crippen molar-refractivity contribution >= 4 is 28.6 Å². The first-order valence-corrected chi connectivity index (χ1v) is 10.1. The highest BCUT2D eigenvalue weighted by Gasteiger charge is 2.53. The Morgan fingerprint density at radius 1 is 1.33 bits per heavy atom. The minimum absolute atomic E-state index is 0.0898. The number of imidazole rings is 1. The molecule has 0 radical (unpaired) electrons. The second-order valence-electron chi connectivity index (χ2n) is 8.32. The number of aromatic nitrogens is 4. The van der Waals surface area contributed by atoms with Crippen molar-refractivity contribution in [2.45, 2.75) is 62.7 Å². The van der Waals surface area contributed by atoms with E-state index in [9.17, 15) is 10.2 Å². The van der Waals surface area contributed by atoms with Crippen molar-refractivity contribution in [2.24, 2.45) is 11.8 Å². The Hall–Kier alpha value is -1.48. The van der Waals surface area contributed by atoms with Gasteiger partial charge in [-0.2, -0.15) is 0 Å². The lowest BCUT2D eigenvalue weighted by atomic mass is 9.95. The summed E-state index contributed by atoms with van der Waals surface area (Å²) in [4.78, 5) is 13.2. The molecule has 0 aromatic carbocycles. The van der Waals surface area contributed by atoms with Gasteiger partial charge < -0.3 is 20.3 Å². The molecule has 1 saturated heterocycles. The summed E-state index contributed by atoms with van der Waals surface area (Å²) in [6, 6.07) is 0.431. The fourth-order valence-corrected chi connectivity index (χ4v) is 5.34. The van der Waals surface area contributed by atoms with Crippen molar-refractivity contribution in [1.29, 1.82) is 0 Å². The first-order valence-electron chi connectivity index (χ1n) is 9.55. The molecule has 1 aliphatic heterocycles. The van der Waals surface area contributed by atoms with Crippen molar-refractivity contribution in [2.75, 3.05) is 11.2 Å². The Morgan fingerprint density at radius 2 is 2.19 bits per heavy atom. The van der Waals surface area contributed by atoms with Gasteiger partial charge in [-0.3, -0.25) is 4.57 Å². The Balaban J connectivity index is 1.47. The standard InChI is InChI=1S/C18H24ClN5O3/c1-18(26)14(25)12(6-19)27-17(18)24-8-22-13-15(20-7-21-16(13)24)23-11-5-9-2-3-10(11)4-9/h7-12,14,17,25-26H,2-6H2,1H3,(H,20,21,23)/t9-,10+,11-,12+,14+,17+,18+/m0/s1. The van der Waals surface area contributed by atoms with Crippen LogP contribution in [0.25, 0.3) is 11.2 Å². The van der Waals surface area contributed by atoms with Crippen molar-refractivity contribution in [3.8, 4) is 0 Å². The number of alkyl halides is 1. The maximum atomic E-state index is 10.8. The largest absolute Gasteiger partial charge is 0.387 e. The number of rotatable bonds is 4. The molecule has 9 heteroatoms. The van der Waals surface area contributed by atoms with Gasteiger partial charge in [0.25, 0.3) is 0 Å². The number of hydrogen-bond acceptors (Lipinski definition) is 7. The van der Waals surface area contributed by atoms with E-state index < -0.39 is 24.0 Å². The third-order valence-corrected chi connectivity index (χ3v) is 6.88. The molecule has 5 rings (SSSR count). The molecular weight excluding hydrogens is 370 g/mol. The zero-order chi connectivity index (χ0) is 18.8. The van der Waals surface area contributed by atoms with Crippen LogP contribution in [0.2, 0.25) is 0 Å². The molecule has 3 fully saturated rings. The van der Waals surface area contributed by atoms with Crippen LogP contribution in [-0.4, -0.2) is 59.5 Å². The van der Waals surface area contributed by atoms with Gasteiger partial charge in [-0.1, -0.05) is 6.42 Å². The van der Waals surface area contributed by atoms with Gasteiger partial charge in [-0.15, -0.1) is 11.6 Å². The topological polar surface area (TPSA) is 105 Å². The smallest absolute Gasteiger partial charge is 0.168 e. The quantitative estimate of drug-likeness (QED) is 0.678. The molecule has 2 bridgehead atoms. The van der Waals surface area contributed by atoms with Crippen LogP contribution >= 0.6 is 11.6 Å². The molecule has 7 atom stereocenters. The van der Waals surface area contributed by atoms with Gasteiger partial charge in [-0.25, -0.2) is 15.0 Å². The van der Waals surface area contributed by atoms with Crippen molar-refractivity contribution in [1.82, 2.24) is 19.5 Å². The molecule has 2 saturated carbocycles. The maximum absolute atomic E-state index is 10.8. The lowest BCUT2D eigenvalue weighted by molar-refractivity contribution is -0.0935. The molecule has 27 heavy (non-hydrogen) atoms. The lowest BCUT2D eigenvalue weighted by Crippen LogP contribution is -2.43. The predicted molar refractivity (Wildman–Crippen MR) is 99.4 cm³/mol. The zero-order valence-corrected chi connectivity index (χ0v) is 15.9. The number of aliphatic hydroxyl groups excluding tert-OH is 1. The number of ether oxygens (including phenoxy) is 1. The van der Waals surface area contributed by atoms with Crippen molar-refractivity contribution in [3.05, 3.63) is 12.7 Å². The average Bonchev–Trinajstić information content (AvgIpc) is 3.40. The van der Waals surface area contributed by atoms with E-state index in [0.717, 1.165) is 5.92 Å². The summed E-state index contributed by atoms with van der Waals surface area (Å²) < 4.78 is 7.47. The van der Waals surface area contributed by atoms with E-state index >= 15 is 0 Å². The summed E-state index contributed by atoms with van der Waals surface area (Å²) in [5.74, 6) is 2.34. The van der Waals surface area contributed by atoms with Gasteiger partial charge in [0, 0.05) is 6.04 Å². The summed E-state index contributed by atoms with van der Waals surface area (Å²) in [5.41, 5.74) is -0.303. The Bertz CT molecular complexity index is 859. The minimum Gasteiger partial charge on any atom is -0.387 e. The number of nitrogens with one attached hydrogen (secondary N) is 1. The Labute approximate surface area is 161 Å². The van der Waals surface area contributed by atoms with Crippen LogP contribution < -0.4 is 5.32 Å². The van der Waals surface area contributed by atoms with Crippen LogP contribution in [-0.2, 0) is 4.74 Å². The minimum atomic E-state index is -1.50. The summed E-state index contributed by atoms with van der Waals surface area (Å²) in [5, 5.41) is 24.7. The fourth-order valence-electron chi connectivity index (χ4n) is 5.09. The van der Waals surface area contributed by atoms with Crippen molar-refractivity contribution < 1.29 is 14.9 Å². The summed E-state index contributed by atoms with van der Waals surface area (Å²) >= 11 is 5.87. The molecular formula is C18H24ClN5O3. The lowest BCUT2D eigenvalue weighted by Gasteiger charge is -2.27. The zero-order valence-electron chi connectivity index (χ0n) is 15.1. The number of hydrogen-bond donors (Lipinski definition) is 3. The van der Waals surface area contributed by atoms with Gasteiger partial charge >= 0.3 is 0 Å². The third kappa shape index (κ3) is 2.65. The number of nitrogens with zero attached hydrogens (tertiary/aromatic N) is 4. The molecule has 2 aliphatic carbocycles. The van der Waals surface area contributed by atoms with E-state index in [-0.39, 0.29) is 5.88 Å². The molecule has 0 unspecified atom stereocenters. The van der Waals surface area contributed by atoms with Gasteiger partial charge in [0.2, 0.25) is 0 Å². The normalized spacial score (nSPS) is 40.9. The molecule has 8 nitrogen and oxygen atoms in total. The second-order valence-corrected chi connectivity index (χ2v) is 8.63. The van der Waals surface area contributed by atoms with Crippen LogP contribution in [0.15, 0.2) is 12.7 Å². The summed E-state index contributed by atoms with van der Waals surface area (Å²) in [7, 11) is 0. The second kappa shape index (κ2) is 6.27. The number of anilines is 1. The SMILES string of the molecule is C[C@@]1(O)[C@H](O)[C@@H](CCl)O[C@H]1n1cnc2c(N[C@H]3C[C@H]4CC[C@@H]3C4)ncnc21. The van der Waals surface area contributed by atoms with E-state index in [1.54, 1.807) is 10.9 Å². The van der Waals surface area contributed by atoms with Crippen LogP contribution in [0.5, 0.6) is 0 Å². The number of aliphatic hydroxyl groups is 2. The van der Waals surface area contributed by atoms with Crippen LogP contribution in [0.4, 0.5) is 5.82 Å². The molecule has 3 aliphatic rings. The highest BCUT2D eigenvalue weighted by atomic mass is 35.5. The molecule has 3 heterocycles. The van der Waals surface area contributed by atoms with E-state index in [1.165, 1.54) is 38.9 Å². The van der Waals surface area contributed by atoms with Gasteiger partial charge in [0.1, 0.15) is 24.1 Å². The van der Waals surface area contributed by atoms with Crippen LogP contribution in [0.1, 0.15) is 38.8 Å². The first kappa shape index (κ1) is 17.6. The van der Waals surface area contributed by atoms with Gasteiger partial charge in [0.15, 0.2) is 23.2 Å². The predicted octanol–water partition coefficient (Wildman–Crippen LogP) is 1.67. The monoisotopic (exact) mass is 393 g/mol. The summed E-state index contributed by atoms with van der Waals surface area (Å²) in [6.07, 6.45) is 5.60. The molecule has 0 spiro atoms. The van der Waals surface area contributed by atoms with Gasteiger partial charge in [-0.05, 0) is 38.0 Å². The van der Waals surface area contributed by atoms with E-state index in [4.69, 9.17) is 16.3 Å². The van der Waals surface area contributed by atoms with Gasteiger partial charge in [0.05, 0.1) is 12.2 Å². The average molecular weight is 394 g/mol. The molecule has 146 valence electrons. The molecule has 2 aromatic heterocycles. The maximum Gasteiger partial charge on any atom is 0.168 e. The van der Waals surface area contributed by atoms with Crippen molar-refractivity contribution in [3.63, 3.8) is 0 Å². The molecule has 2 aromatic rings. The van der Waals surface area contributed by atoms with E-state index in [2.05, 4.69) is 20.3 Å². The Morgan fingerprint density at radius 3 is 2.85 bits per heavy atom. The molecule has 0 amide bonds. The Kier molecular flexibility index (Phi) is 4.09. The fraction of sp³-hybridized carbons (Fsp3) is 0.722. The third-order valence-electron chi connectivity index (χ3n) is 6.58. The number of halogens is 1. The van der Waals surface area contributed by atoms with E-state index in [0.29, 0.717) is 28.9 Å². The highest BCUT2D eigenvalue weighted by molar-refractivity contribution is 6.18. The summed E-state index contributed by atoms with van der Waals surface area (Å²) in [6.45, 7) is 1.54. The highest BCUT2D eigenvalue weighted by Crippen LogP contribution is 2.46. The van der Waals surface area contributed by atoms with E-state index in [1.807, 2.05) is 0 Å². The first-order chi connectivity index (χ1) is 13.0. The molecule has 3 N–H and O–H groups in total. The van der Waals surface area contributed by atoms with Crippen LogP contribution in [0.3, 0.4) is 0 Å². The number of fused-ring (bicyclic) bond motifs is 3. The van der Waals surface area contributed by atoms with Crippen LogP contribution in [0, 0.1) is 11.8 Å².